The van der Waals surface area contributed by atoms with Crippen molar-refractivity contribution in [1.29, 1.82) is 0 Å². The number of piperazine rings is 1. The average Bonchev–Trinajstić information content (AvgIpc) is 2.36. The second-order valence-electron chi connectivity index (χ2n) is 4.46. The van der Waals surface area contributed by atoms with Crippen LogP contribution in [0.5, 0.6) is 0 Å². The zero-order chi connectivity index (χ0) is 15.1. The number of hydrogen-bond donors (Lipinski definition) is 3. The Morgan fingerprint density at radius 2 is 2.25 bits per heavy atom. The lowest BCUT2D eigenvalue weighted by Crippen LogP contribution is -2.60. The van der Waals surface area contributed by atoms with Crippen LogP contribution in [0.2, 0.25) is 0 Å². The van der Waals surface area contributed by atoms with E-state index >= 15 is 0 Å². The summed E-state index contributed by atoms with van der Waals surface area (Å²) in [6.07, 6.45) is 1.73. The van der Waals surface area contributed by atoms with E-state index in [1.165, 1.54) is 4.90 Å². The van der Waals surface area contributed by atoms with E-state index in [2.05, 4.69) is 10.6 Å². The van der Waals surface area contributed by atoms with Crippen LogP contribution in [0.1, 0.15) is 12.8 Å². The Balaban J connectivity index is 2.52. The van der Waals surface area contributed by atoms with E-state index in [0.717, 1.165) is 0 Å². The third-order valence-corrected chi connectivity index (χ3v) is 3.71. The van der Waals surface area contributed by atoms with Gasteiger partial charge in [-0.2, -0.15) is 0 Å². The molecule has 1 rings (SSSR count). The Hall–Kier alpha value is -1.64. The van der Waals surface area contributed by atoms with Crippen molar-refractivity contribution in [2.45, 2.75) is 18.9 Å². The van der Waals surface area contributed by atoms with Crippen molar-refractivity contribution in [3.63, 3.8) is 0 Å². The van der Waals surface area contributed by atoms with Gasteiger partial charge in [0.25, 0.3) is 0 Å². The van der Waals surface area contributed by atoms with E-state index in [0.29, 0.717) is 25.3 Å². The van der Waals surface area contributed by atoms with Crippen molar-refractivity contribution in [1.82, 2.24) is 15.5 Å². The molecule has 0 spiro atoms. The van der Waals surface area contributed by atoms with Gasteiger partial charge in [0.15, 0.2) is 0 Å². The van der Waals surface area contributed by atoms with E-state index in [-0.39, 0.29) is 6.54 Å². The normalized spacial score (nSPS) is 20.1. The minimum Gasteiger partial charge on any atom is -0.481 e. The van der Waals surface area contributed by atoms with E-state index < -0.39 is 41.2 Å². The quantitative estimate of drug-likeness (QED) is 0.530. The third-order valence-electron chi connectivity index (χ3n) is 2.84. The summed E-state index contributed by atoms with van der Waals surface area (Å²) in [4.78, 5) is 35.6. The predicted molar refractivity (Wildman–Crippen MR) is 72.7 cm³/mol. The molecule has 1 aliphatic heterocycles. The molecule has 1 aliphatic rings. The number of carboxylic acid groups (broad SMARTS) is 1. The lowest BCUT2D eigenvalue weighted by Gasteiger charge is -2.34. The molecule has 8 nitrogen and oxygen atoms in total. The molecule has 0 aromatic rings. The predicted octanol–water partition coefficient (Wildman–Crippen LogP) is -1.26. The van der Waals surface area contributed by atoms with Gasteiger partial charge in [-0.25, -0.2) is 4.79 Å². The molecule has 20 heavy (non-hydrogen) atoms. The van der Waals surface area contributed by atoms with Crippen LogP contribution in [-0.4, -0.2) is 69.8 Å². The fourth-order valence-corrected chi connectivity index (χ4v) is 2.45. The highest BCUT2D eigenvalue weighted by atomic mass is 32.2. The molecule has 2 unspecified atom stereocenters. The molecule has 0 aromatic carbocycles. The number of nitrogens with zero attached hydrogens (tertiary/aromatic N) is 1. The smallest absolute Gasteiger partial charge is 0.318 e. The van der Waals surface area contributed by atoms with E-state index in [4.69, 9.17) is 5.11 Å². The van der Waals surface area contributed by atoms with Gasteiger partial charge in [0.05, 0.1) is 6.42 Å². The summed E-state index contributed by atoms with van der Waals surface area (Å²) < 4.78 is 10.9. The Morgan fingerprint density at radius 3 is 2.85 bits per heavy atom. The second-order valence-corrected chi connectivity index (χ2v) is 6.02. The number of carbonyl (C=O) groups excluding carboxylic acids is 2. The molecule has 0 bridgehead atoms. The van der Waals surface area contributed by atoms with Gasteiger partial charge in [-0.15, -0.1) is 0 Å². The molecule has 3 amide bonds. The molecule has 0 aromatic heterocycles. The van der Waals surface area contributed by atoms with Crippen LogP contribution in [0, 0.1) is 0 Å². The highest BCUT2D eigenvalue weighted by Gasteiger charge is 2.34. The van der Waals surface area contributed by atoms with Gasteiger partial charge in [-0.05, 0) is 6.42 Å². The number of amides is 3. The second kappa shape index (κ2) is 7.83. The van der Waals surface area contributed by atoms with Crippen LogP contribution in [0.15, 0.2) is 0 Å². The van der Waals surface area contributed by atoms with Gasteiger partial charge < -0.3 is 20.6 Å². The zero-order valence-corrected chi connectivity index (χ0v) is 12.1. The molecule has 9 heteroatoms. The van der Waals surface area contributed by atoms with Crippen molar-refractivity contribution in [2.24, 2.45) is 0 Å². The monoisotopic (exact) mass is 305 g/mol. The lowest BCUT2D eigenvalue weighted by molar-refractivity contribution is -0.142. The summed E-state index contributed by atoms with van der Waals surface area (Å²) in [6, 6.07) is -1.45. The van der Waals surface area contributed by atoms with Crippen LogP contribution in [0.4, 0.5) is 4.79 Å². The molecule has 1 saturated heterocycles. The number of aliphatic carboxylic acids is 1. The Morgan fingerprint density at radius 1 is 1.55 bits per heavy atom. The number of nitrogens with one attached hydrogen (secondary N) is 2. The first-order valence-electron chi connectivity index (χ1n) is 6.26. The first-order chi connectivity index (χ1) is 9.41. The number of rotatable bonds is 6. The molecule has 3 N–H and O–H groups in total. The van der Waals surface area contributed by atoms with Gasteiger partial charge in [-0.1, -0.05) is 0 Å². The van der Waals surface area contributed by atoms with Crippen LogP contribution in [-0.2, 0) is 20.4 Å². The number of carboxylic acids is 1. The maximum Gasteiger partial charge on any atom is 0.318 e. The Kier molecular flexibility index (Phi) is 6.43. The van der Waals surface area contributed by atoms with Gasteiger partial charge in [0.1, 0.15) is 6.04 Å². The fraction of sp³-hybridized carbons (Fsp3) is 0.727. The summed E-state index contributed by atoms with van der Waals surface area (Å²) in [5, 5.41) is 13.9. The van der Waals surface area contributed by atoms with Gasteiger partial charge in [0.2, 0.25) is 5.91 Å². The van der Waals surface area contributed by atoms with E-state index in [9.17, 15) is 18.6 Å². The molecule has 0 aliphatic carbocycles. The van der Waals surface area contributed by atoms with Crippen molar-refractivity contribution in [3.05, 3.63) is 0 Å². The highest BCUT2D eigenvalue weighted by molar-refractivity contribution is 7.84. The summed E-state index contributed by atoms with van der Waals surface area (Å²) in [6.45, 7) is 0.924. The standard InChI is InChI=1S/C11H19N3O5S/c1-20(19)6-2-3-13-11(18)14-5-4-12-10(17)8(14)7-9(15)16/h8H,2-7H2,1H3,(H,12,17)(H,13,18)(H,15,16). The van der Waals surface area contributed by atoms with Crippen molar-refractivity contribution < 1.29 is 23.7 Å². The summed E-state index contributed by atoms with van der Waals surface area (Å²) in [5.74, 6) is -1.10. The minimum atomic E-state index is -1.13. The zero-order valence-electron chi connectivity index (χ0n) is 11.3. The van der Waals surface area contributed by atoms with Gasteiger partial charge in [-0.3, -0.25) is 13.8 Å². The SMILES string of the molecule is CS(=O)CCCNC(=O)N1CCNC(=O)C1CC(=O)O. The molecule has 1 heterocycles. The summed E-state index contributed by atoms with van der Waals surface area (Å²) >= 11 is 0. The maximum atomic E-state index is 11.9. The van der Waals surface area contributed by atoms with E-state index in [1.54, 1.807) is 6.26 Å². The van der Waals surface area contributed by atoms with Crippen LogP contribution in [0.25, 0.3) is 0 Å². The Labute approximate surface area is 119 Å². The Bertz CT molecular complexity index is 415. The number of carbonyl (C=O) groups is 3. The molecule has 114 valence electrons. The number of hydrogen-bond acceptors (Lipinski definition) is 4. The topological polar surface area (TPSA) is 116 Å². The van der Waals surface area contributed by atoms with Crippen LogP contribution in [0.3, 0.4) is 0 Å². The average molecular weight is 305 g/mol. The summed E-state index contributed by atoms with van der Waals surface area (Å²) in [5.41, 5.74) is 0. The van der Waals surface area contributed by atoms with E-state index in [1.807, 2.05) is 0 Å². The maximum absolute atomic E-state index is 11.9. The van der Waals surface area contributed by atoms with Crippen molar-refractivity contribution in [2.75, 3.05) is 31.6 Å². The van der Waals surface area contributed by atoms with Gasteiger partial charge in [0, 0.05) is 42.4 Å². The lowest BCUT2D eigenvalue weighted by atomic mass is 10.1. The third kappa shape index (κ3) is 5.16. The van der Waals surface area contributed by atoms with Crippen molar-refractivity contribution >= 4 is 28.7 Å². The summed E-state index contributed by atoms with van der Waals surface area (Å²) in [7, 11) is -0.912. The minimum absolute atomic E-state index is 0.273. The molecular weight excluding hydrogens is 286 g/mol. The molecule has 0 saturated carbocycles. The van der Waals surface area contributed by atoms with Crippen molar-refractivity contribution in [3.8, 4) is 0 Å². The number of urea groups is 1. The molecule has 0 radical (unpaired) electrons. The van der Waals surface area contributed by atoms with Crippen LogP contribution >= 0.6 is 0 Å². The first-order valence-corrected chi connectivity index (χ1v) is 7.98. The molecule has 1 fully saturated rings. The first kappa shape index (κ1) is 16.4. The van der Waals surface area contributed by atoms with Crippen LogP contribution < -0.4 is 10.6 Å². The van der Waals surface area contributed by atoms with Gasteiger partial charge >= 0.3 is 12.0 Å². The highest BCUT2D eigenvalue weighted by Crippen LogP contribution is 2.09. The molecular formula is C11H19N3O5S. The largest absolute Gasteiger partial charge is 0.481 e. The molecule has 2 atom stereocenters. The fourth-order valence-electron chi connectivity index (χ4n) is 1.90.